The van der Waals surface area contributed by atoms with Gasteiger partial charge in [-0.1, -0.05) is 25.7 Å². The number of rotatable bonds is 4. The molecule has 28 heavy (non-hydrogen) atoms. The number of nitrogens with zero attached hydrogens (tertiary/aromatic N) is 1. The average molecular weight is 385 g/mol. The number of aryl methyl sites for hydroxylation is 1. The Morgan fingerprint density at radius 3 is 2.68 bits per heavy atom. The number of carbonyl (C=O) groups excluding carboxylic acids is 1. The van der Waals surface area contributed by atoms with Crippen LogP contribution in [0.25, 0.3) is 11.0 Å². The Balaban J connectivity index is 1.69. The predicted molar refractivity (Wildman–Crippen MR) is 111 cm³/mol. The van der Waals surface area contributed by atoms with Crippen molar-refractivity contribution in [2.75, 3.05) is 6.54 Å². The van der Waals surface area contributed by atoms with E-state index in [0.717, 1.165) is 30.3 Å². The van der Waals surface area contributed by atoms with Gasteiger partial charge in [0.25, 0.3) is 5.91 Å². The molecule has 1 aromatic heterocycles. The molecule has 2 aliphatic rings. The Bertz CT molecular complexity index is 851. The third kappa shape index (κ3) is 3.77. The van der Waals surface area contributed by atoms with Gasteiger partial charge in [0.1, 0.15) is 17.1 Å². The highest BCUT2D eigenvalue weighted by atomic mass is 16.3. The number of nitrogens with one attached hydrogen (secondary N) is 1. The van der Waals surface area contributed by atoms with Crippen LogP contribution in [0.5, 0.6) is 5.75 Å². The summed E-state index contributed by atoms with van der Waals surface area (Å²) in [6, 6.07) is 4.19. The van der Waals surface area contributed by atoms with Crippen molar-refractivity contribution >= 4 is 16.9 Å². The van der Waals surface area contributed by atoms with Crippen molar-refractivity contribution < 1.29 is 14.3 Å². The van der Waals surface area contributed by atoms with E-state index in [1.54, 1.807) is 12.1 Å². The summed E-state index contributed by atoms with van der Waals surface area (Å²) in [7, 11) is 0. The molecule has 5 heteroatoms. The second-order valence-corrected chi connectivity index (χ2v) is 8.59. The summed E-state index contributed by atoms with van der Waals surface area (Å²) in [6.07, 6.45) is 9.31. The van der Waals surface area contributed by atoms with Gasteiger partial charge in [-0.05, 0) is 58.2 Å². The molecule has 1 atom stereocenters. The van der Waals surface area contributed by atoms with Crippen LogP contribution in [0.3, 0.4) is 0 Å². The van der Waals surface area contributed by atoms with Crippen LogP contribution in [-0.4, -0.2) is 34.5 Å². The van der Waals surface area contributed by atoms with Gasteiger partial charge < -0.3 is 14.8 Å². The molecule has 2 fully saturated rings. The van der Waals surface area contributed by atoms with Crippen LogP contribution in [0.15, 0.2) is 16.5 Å². The lowest BCUT2D eigenvalue weighted by Crippen LogP contribution is -2.37. The Labute approximate surface area is 167 Å². The van der Waals surface area contributed by atoms with E-state index >= 15 is 0 Å². The molecule has 0 spiro atoms. The number of piperidine rings is 1. The first-order chi connectivity index (χ1) is 13.5. The topological polar surface area (TPSA) is 65.7 Å². The SMILES string of the molecule is Cc1oc2ccc(O)c(CN3CCCC[C@H]3C)c2c1C(=O)NC1CCCCC1. The number of hydrogen-bond donors (Lipinski definition) is 2. The molecule has 2 aromatic rings. The van der Waals surface area contributed by atoms with Crippen molar-refractivity contribution in [3.05, 3.63) is 29.0 Å². The molecule has 1 aromatic carbocycles. The van der Waals surface area contributed by atoms with Crippen LogP contribution in [0.4, 0.5) is 0 Å². The first-order valence-electron chi connectivity index (χ1n) is 10.8. The van der Waals surface area contributed by atoms with Crippen molar-refractivity contribution in [3.8, 4) is 5.75 Å². The zero-order valence-corrected chi connectivity index (χ0v) is 17.1. The smallest absolute Gasteiger partial charge is 0.255 e. The highest BCUT2D eigenvalue weighted by molar-refractivity contribution is 6.09. The summed E-state index contributed by atoms with van der Waals surface area (Å²) in [5.74, 6) is 0.807. The van der Waals surface area contributed by atoms with Crippen LogP contribution in [0.2, 0.25) is 0 Å². The Kier molecular flexibility index (Phi) is 5.63. The standard InChI is InChI=1S/C23H32N2O3/c1-15-8-6-7-13-25(15)14-18-19(26)11-12-20-22(18)21(16(2)28-20)23(27)24-17-9-4-3-5-10-17/h11-12,15,17,26H,3-10,13-14H2,1-2H3,(H,24,27)/t15-/m1/s1. The molecular weight excluding hydrogens is 352 g/mol. The highest BCUT2D eigenvalue weighted by Crippen LogP contribution is 2.36. The van der Waals surface area contributed by atoms with Gasteiger partial charge in [0.2, 0.25) is 0 Å². The first-order valence-corrected chi connectivity index (χ1v) is 10.8. The lowest BCUT2D eigenvalue weighted by atomic mass is 9.94. The van der Waals surface area contributed by atoms with Gasteiger partial charge in [0, 0.05) is 29.6 Å². The Morgan fingerprint density at radius 1 is 1.18 bits per heavy atom. The van der Waals surface area contributed by atoms with Crippen LogP contribution in [0.1, 0.15) is 80.0 Å². The minimum atomic E-state index is -0.0679. The third-order valence-electron chi connectivity index (χ3n) is 6.58. The monoisotopic (exact) mass is 384 g/mol. The van der Waals surface area contributed by atoms with Crippen LogP contribution >= 0.6 is 0 Å². The number of amides is 1. The lowest BCUT2D eigenvalue weighted by molar-refractivity contribution is 0.0927. The van der Waals surface area contributed by atoms with Crippen LogP contribution in [-0.2, 0) is 6.54 Å². The Morgan fingerprint density at radius 2 is 1.93 bits per heavy atom. The number of fused-ring (bicyclic) bond motifs is 1. The van der Waals surface area contributed by atoms with E-state index in [1.807, 2.05) is 6.92 Å². The number of furan rings is 1. The number of carbonyl (C=O) groups is 1. The molecule has 1 amide bonds. The quantitative estimate of drug-likeness (QED) is 0.788. The fourth-order valence-electron chi connectivity index (χ4n) is 4.90. The van der Waals surface area contributed by atoms with E-state index in [2.05, 4.69) is 17.1 Å². The van der Waals surface area contributed by atoms with E-state index in [4.69, 9.17) is 4.42 Å². The maximum Gasteiger partial charge on any atom is 0.255 e. The van der Waals surface area contributed by atoms with Gasteiger partial charge >= 0.3 is 0 Å². The van der Waals surface area contributed by atoms with Gasteiger partial charge in [0.15, 0.2) is 0 Å². The number of likely N-dealkylation sites (tertiary alicyclic amines) is 1. The Hall–Kier alpha value is -2.01. The summed E-state index contributed by atoms with van der Waals surface area (Å²) in [5, 5.41) is 14.7. The van der Waals surface area contributed by atoms with Crippen LogP contribution < -0.4 is 5.32 Å². The van der Waals surface area contributed by atoms with E-state index < -0.39 is 0 Å². The summed E-state index contributed by atoms with van der Waals surface area (Å²) in [5.41, 5.74) is 2.09. The number of phenols is 1. The minimum Gasteiger partial charge on any atom is -0.508 e. The number of aromatic hydroxyl groups is 1. The fourth-order valence-corrected chi connectivity index (χ4v) is 4.90. The average Bonchev–Trinajstić information content (AvgIpc) is 3.03. The molecule has 0 radical (unpaired) electrons. The van der Waals surface area contributed by atoms with Crippen LogP contribution in [0, 0.1) is 6.92 Å². The first kappa shape index (κ1) is 19.3. The molecule has 152 valence electrons. The molecular formula is C23H32N2O3. The normalized spacial score (nSPS) is 21.9. The maximum atomic E-state index is 13.2. The summed E-state index contributed by atoms with van der Waals surface area (Å²) in [6.45, 7) is 5.76. The third-order valence-corrected chi connectivity index (χ3v) is 6.58. The van der Waals surface area contributed by atoms with Gasteiger partial charge in [0.05, 0.1) is 5.56 Å². The van der Waals surface area contributed by atoms with Gasteiger partial charge in [-0.3, -0.25) is 9.69 Å². The molecule has 0 unspecified atom stereocenters. The lowest BCUT2D eigenvalue weighted by Gasteiger charge is -2.33. The van der Waals surface area contributed by atoms with Gasteiger partial charge in [-0.25, -0.2) is 0 Å². The number of benzene rings is 1. The molecule has 4 rings (SSSR count). The largest absolute Gasteiger partial charge is 0.508 e. The fraction of sp³-hybridized carbons (Fsp3) is 0.609. The minimum absolute atomic E-state index is 0.0679. The summed E-state index contributed by atoms with van der Waals surface area (Å²) >= 11 is 0. The molecule has 1 saturated heterocycles. The van der Waals surface area contributed by atoms with Crippen molar-refractivity contribution in [2.24, 2.45) is 0 Å². The highest BCUT2D eigenvalue weighted by Gasteiger charge is 2.27. The van der Waals surface area contributed by atoms with Crippen molar-refractivity contribution in [3.63, 3.8) is 0 Å². The van der Waals surface area contributed by atoms with E-state index in [9.17, 15) is 9.90 Å². The molecule has 2 N–H and O–H groups in total. The molecule has 1 aliphatic carbocycles. The molecule has 5 nitrogen and oxygen atoms in total. The van der Waals surface area contributed by atoms with E-state index in [1.165, 1.54) is 38.5 Å². The molecule has 2 heterocycles. The summed E-state index contributed by atoms with van der Waals surface area (Å²) in [4.78, 5) is 15.6. The summed E-state index contributed by atoms with van der Waals surface area (Å²) < 4.78 is 5.93. The predicted octanol–water partition coefficient (Wildman–Crippen LogP) is 4.88. The van der Waals surface area contributed by atoms with Gasteiger partial charge in [-0.2, -0.15) is 0 Å². The zero-order valence-electron chi connectivity index (χ0n) is 17.1. The number of hydrogen-bond acceptors (Lipinski definition) is 4. The van der Waals surface area contributed by atoms with Crippen molar-refractivity contribution in [2.45, 2.75) is 83.8 Å². The molecule has 1 saturated carbocycles. The van der Waals surface area contributed by atoms with Gasteiger partial charge in [-0.15, -0.1) is 0 Å². The second kappa shape index (κ2) is 8.16. The van der Waals surface area contributed by atoms with E-state index in [0.29, 0.717) is 29.5 Å². The van der Waals surface area contributed by atoms with Crippen molar-refractivity contribution in [1.29, 1.82) is 0 Å². The second-order valence-electron chi connectivity index (χ2n) is 8.59. The zero-order chi connectivity index (χ0) is 19.7. The maximum absolute atomic E-state index is 13.2. The molecule has 1 aliphatic heterocycles. The van der Waals surface area contributed by atoms with Crippen molar-refractivity contribution in [1.82, 2.24) is 10.2 Å². The van der Waals surface area contributed by atoms with E-state index in [-0.39, 0.29) is 17.7 Å². The molecule has 0 bridgehead atoms. The number of phenolic OH excluding ortho intramolecular Hbond substituents is 1.